The smallest absolute Gasteiger partial charge is 0.278 e. The number of nitrogens with one attached hydrogen (secondary N) is 1. The Morgan fingerprint density at radius 1 is 1.25 bits per heavy atom. The van der Waals surface area contributed by atoms with E-state index in [0.717, 1.165) is 16.8 Å². The molecule has 1 heterocycles. The van der Waals surface area contributed by atoms with E-state index in [2.05, 4.69) is 10.3 Å². The molecule has 0 amide bonds. The van der Waals surface area contributed by atoms with Crippen LogP contribution < -0.4 is 5.32 Å². The Hall–Kier alpha value is -2.99. The van der Waals surface area contributed by atoms with Crippen LogP contribution in [-0.4, -0.2) is 21.6 Å². The van der Waals surface area contributed by atoms with Gasteiger partial charge in [0.25, 0.3) is 5.69 Å². The Kier molecular flexibility index (Phi) is 4.39. The molecule has 0 spiro atoms. The Bertz CT molecular complexity index is 896. The van der Waals surface area contributed by atoms with Gasteiger partial charge >= 0.3 is 0 Å². The SMILES string of the molecule is Cc1cccc(C(O)CNc2ccc([N+](=O)[O-])c3cnccc23)c1. The average Bonchev–Trinajstić information content (AvgIpc) is 2.59. The topological polar surface area (TPSA) is 88.3 Å². The van der Waals surface area contributed by atoms with Crippen LogP contribution in [0.15, 0.2) is 54.9 Å². The fraction of sp³-hybridized carbons (Fsp3) is 0.167. The average molecular weight is 323 g/mol. The van der Waals surface area contributed by atoms with Crippen LogP contribution >= 0.6 is 0 Å². The van der Waals surface area contributed by atoms with E-state index in [9.17, 15) is 15.2 Å². The standard InChI is InChI=1S/C18H17N3O3/c1-12-3-2-4-13(9-12)18(22)11-20-16-5-6-17(21(23)24)15-10-19-8-7-14(15)16/h2-10,18,20,22H,11H2,1H3. The molecule has 2 aromatic carbocycles. The van der Waals surface area contributed by atoms with E-state index in [1.165, 1.54) is 12.3 Å². The molecule has 0 radical (unpaired) electrons. The van der Waals surface area contributed by atoms with Gasteiger partial charge in [-0.2, -0.15) is 0 Å². The number of rotatable bonds is 5. The van der Waals surface area contributed by atoms with Crippen molar-refractivity contribution in [2.24, 2.45) is 0 Å². The molecular weight excluding hydrogens is 306 g/mol. The number of non-ortho nitro benzene ring substituents is 1. The maximum Gasteiger partial charge on any atom is 0.278 e. The van der Waals surface area contributed by atoms with Crippen molar-refractivity contribution in [3.05, 3.63) is 76.1 Å². The highest BCUT2D eigenvalue weighted by molar-refractivity contribution is 5.99. The van der Waals surface area contributed by atoms with E-state index in [0.29, 0.717) is 17.3 Å². The Labute approximate surface area is 138 Å². The zero-order valence-electron chi connectivity index (χ0n) is 13.1. The molecule has 3 rings (SSSR count). The van der Waals surface area contributed by atoms with Crippen LogP contribution in [0.5, 0.6) is 0 Å². The van der Waals surface area contributed by atoms with Crippen molar-refractivity contribution < 1.29 is 10.0 Å². The number of nitro groups is 1. The lowest BCUT2D eigenvalue weighted by molar-refractivity contribution is -0.383. The molecule has 3 aromatic rings. The molecule has 0 bridgehead atoms. The number of anilines is 1. The van der Waals surface area contributed by atoms with Crippen molar-refractivity contribution in [2.45, 2.75) is 13.0 Å². The van der Waals surface area contributed by atoms with Crippen LogP contribution in [0.4, 0.5) is 11.4 Å². The van der Waals surface area contributed by atoms with Crippen LogP contribution in [0.2, 0.25) is 0 Å². The van der Waals surface area contributed by atoms with Gasteiger partial charge in [-0.1, -0.05) is 29.8 Å². The third kappa shape index (κ3) is 3.18. The van der Waals surface area contributed by atoms with Crippen LogP contribution in [-0.2, 0) is 0 Å². The van der Waals surface area contributed by atoms with Crippen molar-refractivity contribution in [1.82, 2.24) is 4.98 Å². The Morgan fingerprint density at radius 3 is 2.83 bits per heavy atom. The van der Waals surface area contributed by atoms with Crippen molar-refractivity contribution in [3.8, 4) is 0 Å². The van der Waals surface area contributed by atoms with Gasteiger partial charge in [0.2, 0.25) is 0 Å². The molecule has 1 atom stereocenters. The summed E-state index contributed by atoms with van der Waals surface area (Å²) in [4.78, 5) is 14.7. The number of nitro benzene ring substituents is 1. The van der Waals surface area contributed by atoms with Gasteiger partial charge in [-0.3, -0.25) is 15.1 Å². The van der Waals surface area contributed by atoms with Gasteiger partial charge < -0.3 is 10.4 Å². The van der Waals surface area contributed by atoms with Gasteiger partial charge in [0.05, 0.1) is 16.4 Å². The summed E-state index contributed by atoms with van der Waals surface area (Å²) in [5.74, 6) is 0. The first kappa shape index (κ1) is 15.9. The van der Waals surface area contributed by atoms with Gasteiger partial charge in [0.1, 0.15) is 0 Å². The first-order valence-corrected chi connectivity index (χ1v) is 7.56. The second-order valence-electron chi connectivity index (χ2n) is 5.62. The van der Waals surface area contributed by atoms with Crippen LogP contribution in [0.1, 0.15) is 17.2 Å². The summed E-state index contributed by atoms with van der Waals surface area (Å²) in [5, 5.41) is 25.8. The third-order valence-electron chi connectivity index (χ3n) is 3.90. The Balaban J connectivity index is 1.86. The first-order chi connectivity index (χ1) is 11.6. The van der Waals surface area contributed by atoms with Crippen molar-refractivity contribution in [1.29, 1.82) is 0 Å². The van der Waals surface area contributed by atoms with Crippen LogP contribution in [0.25, 0.3) is 10.8 Å². The number of aliphatic hydroxyl groups is 1. The molecule has 0 saturated heterocycles. The number of hydrogen-bond acceptors (Lipinski definition) is 5. The Morgan fingerprint density at radius 2 is 2.08 bits per heavy atom. The van der Waals surface area contributed by atoms with Gasteiger partial charge in [-0.25, -0.2) is 0 Å². The van der Waals surface area contributed by atoms with E-state index in [-0.39, 0.29) is 5.69 Å². The van der Waals surface area contributed by atoms with E-state index < -0.39 is 11.0 Å². The molecule has 0 saturated carbocycles. The molecule has 6 heteroatoms. The second-order valence-corrected chi connectivity index (χ2v) is 5.62. The normalized spacial score (nSPS) is 12.1. The number of hydrogen-bond donors (Lipinski definition) is 2. The highest BCUT2D eigenvalue weighted by Crippen LogP contribution is 2.31. The minimum Gasteiger partial charge on any atom is -0.387 e. The van der Waals surface area contributed by atoms with Gasteiger partial charge in [0.15, 0.2) is 0 Å². The minimum atomic E-state index is -0.669. The summed E-state index contributed by atoms with van der Waals surface area (Å²) in [5.41, 5.74) is 2.65. The molecular formula is C18H17N3O3. The van der Waals surface area contributed by atoms with Crippen molar-refractivity contribution in [2.75, 3.05) is 11.9 Å². The fourth-order valence-electron chi connectivity index (χ4n) is 2.69. The van der Waals surface area contributed by atoms with E-state index in [1.54, 1.807) is 18.3 Å². The molecule has 1 aromatic heterocycles. The summed E-state index contributed by atoms with van der Waals surface area (Å²) in [6.45, 7) is 2.28. The van der Waals surface area contributed by atoms with Crippen molar-refractivity contribution in [3.63, 3.8) is 0 Å². The number of fused-ring (bicyclic) bond motifs is 1. The summed E-state index contributed by atoms with van der Waals surface area (Å²) in [6, 6.07) is 12.5. The quantitative estimate of drug-likeness (QED) is 0.553. The van der Waals surface area contributed by atoms with Gasteiger partial charge in [-0.05, 0) is 24.6 Å². The summed E-state index contributed by atoms with van der Waals surface area (Å²) >= 11 is 0. The lowest BCUT2D eigenvalue weighted by atomic mass is 10.1. The second kappa shape index (κ2) is 6.64. The minimum absolute atomic E-state index is 0.0166. The highest BCUT2D eigenvalue weighted by atomic mass is 16.6. The maximum atomic E-state index is 11.1. The third-order valence-corrected chi connectivity index (χ3v) is 3.90. The van der Waals surface area contributed by atoms with E-state index in [1.807, 2.05) is 31.2 Å². The highest BCUT2D eigenvalue weighted by Gasteiger charge is 2.15. The first-order valence-electron chi connectivity index (χ1n) is 7.56. The predicted octanol–water partition coefficient (Wildman–Crippen LogP) is 3.60. The number of pyridine rings is 1. The van der Waals surface area contributed by atoms with Crippen LogP contribution in [0.3, 0.4) is 0 Å². The molecule has 0 fully saturated rings. The van der Waals surface area contributed by atoms with Gasteiger partial charge in [-0.15, -0.1) is 0 Å². The predicted molar refractivity (Wildman–Crippen MR) is 93.0 cm³/mol. The number of aliphatic hydroxyl groups excluding tert-OH is 1. The summed E-state index contributed by atoms with van der Waals surface area (Å²) < 4.78 is 0. The molecule has 1 unspecified atom stereocenters. The molecule has 2 N–H and O–H groups in total. The largest absolute Gasteiger partial charge is 0.387 e. The monoisotopic (exact) mass is 323 g/mol. The summed E-state index contributed by atoms with van der Waals surface area (Å²) in [6.07, 6.45) is 2.40. The lowest BCUT2D eigenvalue weighted by Crippen LogP contribution is -2.12. The molecule has 0 aliphatic rings. The van der Waals surface area contributed by atoms with Crippen LogP contribution in [0, 0.1) is 17.0 Å². The van der Waals surface area contributed by atoms with Crippen molar-refractivity contribution >= 4 is 22.1 Å². The maximum absolute atomic E-state index is 11.1. The lowest BCUT2D eigenvalue weighted by Gasteiger charge is -2.15. The molecule has 24 heavy (non-hydrogen) atoms. The zero-order valence-corrected chi connectivity index (χ0v) is 13.1. The molecule has 0 aliphatic heterocycles. The molecule has 0 aliphatic carbocycles. The number of aryl methyl sites for hydroxylation is 1. The summed E-state index contributed by atoms with van der Waals surface area (Å²) in [7, 11) is 0. The van der Waals surface area contributed by atoms with E-state index >= 15 is 0 Å². The molecule has 122 valence electrons. The number of benzene rings is 2. The van der Waals surface area contributed by atoms with E-state index in [4.69, 9.17) is 0 Å². The van der Waals surface area contributed by atoms with Gasteiger partial charge in [0, 0.05) is 36.1 Å². The zero-order chi connectivity index (χ0) is 17.1. The fourth-order valence-corrected chi connectivity index (χ4v) is 2.69. The molecule has 6 nitrogen and oxygen atoms in total. The number of nitrogens with zero attached hydrogens (tertiary/aromatic N) is 2. The number of aromatic nitrogens is 1.